The van der Waals surface area contributed by atoms with Crippen molar-refractivity contribution in [2.45, 2.75) is 13.3 Å². The van der Waals surface area contributed by atoms with Crippen LogP contribution in [0.25, 0.3) is 10.9 Å². The Morgan fingerprint density at radius 3 is 2.55 bits per heavy atom. The summed E-state index contributed by atoms with van der Waals surface area (Å²) < 4.78 is 42.4. The summed E-state index contributed by atoms with van der Waals surface area (Å²) in [5, 5.41) is 2.98. The highest BCUT2D eigenvalue weighted by Gasteiger charge is 2.19. The van der Waals surface area contributed by atoms with Crippen molar-refractivity contribution in [2.24, 2.45) is 7.05 Å². The molecule has 7 nitrogen and oxygen atoms in total. The number of anilines is 3. The zero-order valence-corrected chi connectivity index (χ0v) is 17.8. The first-order chi connectivity index (χ1) is 13.6. The number of nitrogens with one attached hydrogen (secondary N) is 2. The van der Waals surface area contributed by atoms with Crippen molar-refractivity contribution in [3.05, 3.63) is 56.8 Å². The molecule has 3 rings (SSSR count). The normalized spacial score (nSPS) is 11.6. The molecule has 0 aliphatic rings. The van der Waals surface area contributed by atoms with Crippen LogP contribution in [0.4, 0.5) is 21.5 Å². The van der Waals surface area contributed by atoms with E-state index < -0.39 is 15.8 Å². The van der Waals surface area contributed by atoms with E-state index in [-0.39, 0.29) is 43.8 Å². The molecule has 2 N–H and O–H groups in total. The van der Waals surface area contributed by atoms with E-state index in [0.29, 0.717) is 11.9 Å². The van der Waals surface area contributed by atoms with Gasteiger partial charge in [0.2, 0.25) is 10.0 Å². The van der Waals surface area contributed by atoms with E-state index in [1.165, 1.54) is 36.1 Å². The number of fused-ring (bicyclic) bond motifs is 1. The van der Waals surface area contributed by atoms with E-state index in [2.05, 4.69) is 15.0 Å². The number of hydrogen-bond acceptors (Lipinski definition) is 5. The van der Waals surface area contributed by atoms with Gasteiger partial charge in [-0.1, -0.05) is 30.1 Å². The Hall–Kier alpha value is -2.36. The molecule has 0 bridgehead atoms. The number of hydrogen-bond donors (Lipinski definition) is 2. The van der Waals surface area contributed by atoms with Crippen LogP contribution >= 0.6 is 23.2 Å². The van der Waals surface area contributed by atoms with Gasteiger partial charge in [0.15, 0.2) is 5.82 Å². The molecule has 0 atom stereocenters. The minimum absolute atomic E-state index is 0.0104. The summed E-state index contributed by atoms with van der Waals surface area (Å²) in [6.07, 6.45) is 1.75. The van der Waals surface area contributed by atoms with E-state index >= 15 is 0 Å². The van der Waals surface area contributed by atoms with Crippen LogP contribution in [0.3, 0.4) is 0 Å². The van der Waals surface area contributed by atoms with Gasteiger partial charge in [0.25, 0.3) is 5.56 Å². The van der Waals surface area contributed by atoms with Crippen LogP contribution in [0.1, 0.15) is 13.3 Å². The van der Waals surface area contributed by atoms with Gasteiger partial charge >= 0.3 is 0 Å². The first-order valence-corrected chi connectivity index (χ1v) is 10.9. The van der Waals surface area contributed by atoms with E-state index in [1.54, 1.807) is 13.0 Å². The average Bonchev–Trinajstić information content (AvgIpc) is 2.65. The van der Waals surface area contributed by atoms with Crippen molar-refractivity contribution in [2.75, 3.05) is 15.8 Å². The number of nitrogens with zero attached hydrogens (tertiary/aromatic N) is 2. The van der Waals surface area contributed by atoms with Crippen LogP contribution in [0, 0.1) is 5.82 Å². The second-order valence-corrected chi connectivity index (χ2v) is 8.94. The van der Waals surface area contributed by atoms with Crippen molar-refractivity contribution < 1.29 is 12.8 Å². The molecule has 11 heteroatoms. The van der Waals surface area contributed by atoms with Crippen molar-refractivity contribution in [3.8, 4) is 0 Å². The maximum absolute atomic E-state index is 15.0. The van der Waals surface area contributed by atoms with Gasteiger partial charge in [-0.3, -0.25) is 9.52 Å². The molecule has 0 saturated carbocycles. The highest BCUT2D eigenvalue weighted by Crippen LogP contribution is 2.36. The Morgan fingerprint density at radius 1 is 1.17 bits per heavy atom. The summed E-state index contributed by atoms with van der Waals surface area (Å²) in [6.45, 7) is 1.70. The SMILES string of the molecule is CCCS(=O)(=O)Nc1ccc(Cl)c(Nc2ccc3ncn(C)c(=O)c3c2Cl)c1F. The molecule has 0 aliphatic carbocycles. The quantitative estimate of drug-likeness (QED) is 0.574. The van der Waals surface area contributed by atoms with E-state index in [4.69, 9.17) is 23.2 Å². The van der Waals surface area contributed by atoms with Crippen molar-refractivity contribution in [3.63, 3.8) is 0 Å². The second-order valence-electron chi connectivity index (χ2n) is 6.31. The minimum Gasteiger partial charge on any atom is -0.351 e. The molecule has 0 fully saturated rings. The van der Waals surface area contributed by atoms with Gasteiger partial charge in [0.05, 0.1) is 50.1 Å². The summed E-state index contributed by atoms with van der Waals surface area (Å²) in [7, 11) is -2.16. The fraction of sp³-hybridized carbons (Fsp3) is 0.222. The molecule has 0 radical (unpaired) electrons. The Balaban J connectivity index is 2.07. The summed E-state index contributed by atoms with van der Waals surface area (Å²) >= 11 is 12.5. The van der Waals surface area contributed by atoms with E-state index in [9.17, 15) is 17.6 Å². The molecule has 1 heterocycles. The van der Waals surface area contributed by atoms with Gasteiger partial charge < -0.3 is 9.88 Å². The lowest BCUT2D eigenvalue weighted by Crippen LogP contribution is -2.18. The van der Waals surface area contributed by atoms with Crippen LogP contribution in [0.15, 0.2) is 35.4 Å². The van der Waals surface area contributed by atoms with Crippen LogP contribution < -0.4 is 15.6 Å². The van der Waals surface area contributed by atoms with Gasteiger partial charge in [0.1, 0.15) is 0 Å². The Kier molecular flexibility index (Phi) is 6.02. The van der Waals surface area contributed by atoms with E-state index in [0.717, 1.165) is 0 Å². The molecule has 0 aliphatic heterocycles. The average molecular weight is 459 g/mol. The van der Waals surface area contributed by atoms with Crippen LogP contribution in [-0.2, 0) is 17.1 Å². The lowest BCUT2D eigenvalue weighted by Gasteiger charge is -2.15. The topological polar surface area (TPSA) is 93.1 Å². The van der Waals surface area contributed by atoms with Gasteiger partial charge in [-0.25, -0.2) is 17.8 Å². The molecule has 0 spiro atoms. The molecule has 2 aromatic carbocycles. The Morgan fingerprint density at radius 2 is 1.86 bits per heavy atom. The predicted molar refractivity (Wildman–Crippen MR) is 114 cm³/mol. The predicted octanol–water partition coefficient (Wildman–Crippen LogP) is 4.27. The van der Waals surface area contributed by atoms with Crippen molar-refractivity contribution in [1.29, 1.82) is 0 Å². The van der Waals surface area contributed by atoms with Crippen LogP contribution in [0.5, 0.6) is 0 Å². The lowest BCUT2D eigenvalue weighted by atomic mass is 10.2. The smallest absolute Gasteiger partial charge is 0.262 e. The van der Waals surface area contributed by atoms with Gasteiger partial charge in [0, 0.05) is 7.05 Å². The maximum atomic E-state index is 15.0. The van der Waals surface area contributed by atoms with Crippen LogP contribution in [0.2, 0.25) is 10.0 Å². The van der Waals surface area contributed by atoms with Gasteiger partial charge in [-0.15, -0.1) is 0 Å². The molecule has 154 valence electrons. The zero-order chi connectivity index (χ0) is 21.3. The lowest BCUT2D eigenvalue weighted by molar-refractivity contribution is 0.597. The minimum atomic E-state index is -3.70. The molecular weight excluding hydrogens is 442 g/mol. The summed E-state index contributed by atoms with van der Waals surface area (Å²) in [6, 6.07) is 5.68. The number of aryl methyl sites for hydroxylation is 1. The first kappa shape index (κ1) is 21.4. The second kappa shape index (κ2) is 8.17. The number of aromatic nitrogens is 2. The number of benzene rings is 2. The molecule has 0 unspecified atom stereocenters. The first-order valence-electron chi connectivity index (χ1n) is 8.54. The summed E-state index contributed by atoms with van der Waals surface area (Å²) in [5.41, 5.74) is -0.184. The summed E-state index contributed by atoms with van der Waals surface area (Å²) in [5.74, 6) is -1.04. The number of rotatable bonds is 6. The summed E-state index contributed by atoms with van der Waals surface area (Å²) in [4.78, 5) is 16.5. The monoisotopic (exact) mass is 458 g/mol. The molecule has 0 saturated heterocycles. The third-order valence-corrected chi connectivity index (χ3v) is 6.30. The Bertz CT molecular complexity index is 1260. The molecule has 1 aromatic heterocycles. The third kappa shape index (κ3) is 4.31. The van der Waals surface area contributed by atoms with Crippen LogP contribution in [-0.4, -0.2) is 23.7 Å². The Labute approximate surface area is 176 Å². The molecule has 3 aromatic rings. The van der Waals surface area contributed by atoms with E-state index in [1.807, 2.05) is 0 Å². The maximum Gasteiger partial charge on any atom is 0.262 e. The third-order valence-electron chi connectivity index (χ3n) is 4.11. The number of sulfonamides is 1. The fourth-order valence-corrected chi connectivity index (χ4v) is 4.33. The highest BCUT2D eigenvalue weighted by molar-refractivity contribution is 7.92. The molecule has 29 heavy (non-hydrogen) atoms. The van der Waals surface area contributed by atoms with Crippen molar-refractivity contribution >= 4 is 61.2 Å². The molecule has 0 amide bonds. The van der Waals surface area contributed by atoms with Gasteiger partial charge in [-0.2, -0.15) is 0 Å². The number of halogens is 3. The molecular formula is C18H17Cl2FN4O3S. The van der Waals surface area contributed by atoms with Crippen molar-refractivity contribution in [1.82, 2.24) is 9.55 Å². The van der Waals surface area contributed by atoms with Gasteiger partial charge in [-0.05, 0) is 30.7 Å². The standard InChI is InChI=1S/C18H17Cl2FN4O3S/c1-3-8-29(27,28)24-13-5-4-10(19)17(16(13)21)23-12-7-6-11-14(15(12)20)18(26)25(2)9-22-11/h4-7,9,23-24H,3,8H2,1-2H3. The zero-order valence-electron chi connectivity index (χ0n) is 15.5. The highest BCUT2D eigenvalue weighted by atomic mass is 35.5. The fourth-order valence-electron chi connectivity index (χ4n) is 2.72. The largest absolute Gasteiger partial charge is 0.351 e.